The van der Waals surface area contributed by atoms with Crippen LogP contribution in [0, 0.1) is 17.3 Å². The summed E-state index contributed by atoms with van der Waals surface area (Å²) in [6.45, 7) is 1.08. The van der Waals surface area contributed by atoms with Crippen molar-refractivity contribution in [2.45, 2.75) is 12.5 Å². The number of nitriles is 1. The van der Waals surface area contributed by atoms with Gasteiger partial charge in [-0.2, -0.15) is 10.4 Å². The number of carbonyl (C=O) groups excluding carboxylic acids is 1. The molecule has 1 aromatic carbocycles. The van der Waals surface area contributed by atoms with Crippen molar-refractivity contribution in [2.24, 2.45) is 7.05 Å². The number of nitrogens with zero attached hydrogens (tertiary/aromatic N) is 4. The molecule has 1 atom stereocenters. The highest BCUT2D eigenvalue weighted by Crippen LogP contribution is 2.21. The first-order valence-corrected chi connectivity index (χ1v) is 7.31. The highest BCUT2D eigenvalue weighted by atomic mass is 19.1. The van der Waals surface area contributed by atoms with E-state index in [2.05, 4.69) is 10.4 Å². The van der Waals surface area contributed by atoms with Crippen LogP contribution in [0.5, 0.6) is 0 Å². The van der Waals surface area contributed by atoms with Crippen LogP contribution in [0.2, 0.25) is 0 Å². The number of aryl methyl sites for hydroxylation is 1. The van der Waals surface area contributed by atoms with Crippen LogP contribution in [-0.4, -0.2) is 39.7 Å². The monoisotopic (exact) mass is 313 g/mol. The SMILES string of the molecule is Cn1cc(-c2ccc(C(=O)NC3CCN(C#N)C3)c(F)c2)cn1. The maximum absolute atomic E-state index is 14.3. The molecule has 1 N–H and O–H groups in total. The number of carbonyl (C=O) groups is 1. The van der Waals surface area contributed by atoms with Crippen LogP contribution in [0.1, 0.15) is 16.8 Å². The Kier molecular flexibility index (Phi) is 3.98. The van der Waals surface area contributed by atoms with Crippen molar-refractivity contribution in [3.8, 4) is 17.3 Å². The van der Waals surface area contributed by atoms with Gasteiger partial charge in [-0.05, 0) is 24.1 Å². The van der Waals surface area contributed by atoms with Crippen LogP contribution in [0.3, 0.4) is 0 Å². The third kappa shape index (κ3) is 3.16. The van der Waals surface area contributed by atoms with Crippen LogP contribution in [0.15, 0.2) is 30.6 Å². The largest absolute Gasteiger partial charge is 0.347 e. The van der Waals surface area contributed by atoms with E-state index in [0.29, 0.717) is 25.1 Å². The van der Waals surface area contributed by atoms with E-state index in [0.717, 1.165) is 5.56 Å². The van der Waals surface area contributed by atoms with E-state index in [1.165, 1.54) is 12.1 Å². The second-order valence-corrected chi connectivity index (χ2v) is 5.60. The fourth-order valence-electron chi connectivity index (χ4n) is 2.68. The van der Waals surface area contributed by atoms with E-state index in [9.17, 15) is 9.18 Å². The van der Waals surface area contributed by atoms with Crippen molar-refractivity contribution in [2.75, 3.05) is 13.1 Å². The Morgan fingerprint density at radius 2 is 2.30 bits per heavy atom. The first-order chi connectivity index (χ1) is 11.1. The standard InChI is InChI=1S/C16H16FN5O/c1-21-8-12(7-19-21)11-2-3-14(15(17)6-11)16(23)20-13-4-5-22(9-13)10-18/h2-3,6-8,13H,4-5,9H2,1H3,(H,20,23). The summed E-state index contributed by atoms with van der Waals surface area (Å²) in [5.41, 5.74) is 1.47. The van der Waals surface area contributed by atoms with E-state index in [1.807, 2.05) is 6.19 Å². The molecule has 0 saturated carbocycles. The van der Waals surface area contributed by atoms with Gasteiger partial charge in [0.15, 0.2) is 6.19 Å². The second-order valence-electron chi connectivity index (χ2n) is 5.60. The van der Waals surface area contributed by atoms with Gasteiger partial charge in [0, 0.05) is 37.9 Å². The first-order valence-electron chi connectivity index (χ1n) is 7.31. The molecular weight excluding hydrogens is 297 g/mol. The van der Waals surface area contributed by atoms with E-state index in [-0.39, 0.29) is 11.6 Å². The lowest BCUT2D eigenvalue weighted by Gasteiger charge is -2.13. The Morgan fingerprint density at radius 3 is 2.91 bits per heavy atom. The first kappa shape index (κ1) is 15.0. The minimum Gasteiger partial charge on any atom is -0.347 e. The minimum atomic E-state index is -0.570. The molecule has 0 spiro atoms. The summed E-state index contributed by atoms with van der Waals surface area (Å²) in [5.74, 6) is -1.02. The molecule has 0 bridgehead atoms. The van der Waals surface area contributed by atoms with Crippen molar-refractivity contribution in [1.29, 1.82) is 5.26 Å². The molecule has 2 aromatic rings. The molecule has 0 aliphatic carbocycles. The van der Waals surface area contributed by atoms with E-state index in [1.54, 1.807) is 35.1 Å². The van der Waals surface area contributed by atoms with Crippen molar-refractivity contribution in [1.82, 2.24) is 20.0 Å². The lowest BCUT2D eigenvalue weighted by molar-refractivity contribution is 0.0935. The fourth-order valence-corrected chi connectivity index (χ4v) is 2.68. The van der Waals surface area contributed by atoms with Crippen molar-refractivity contribution in [3.63, 3.8) is 0 Å². The topological polar surface area (TPSA) is 74.0 Å². The average Bonchev–Trinajstić information content (AvgIpc) is 3.16. The lowest BCUT2D eigenvalue weighted by atomic mass is 10.1. The molecular formula is C16H16FN5O. The van der Waals surface area contributed by atoms with Gasteiger partial charge >= 0.3 is 0 Å². The normalized spacial score (nSPS) is 17.1. The number of likely N-dealkylation sites (tertiary alicyclic amines) is 1. The van der Waals surface area contributed by atoms with Gasteiger partial charge in [-0.1, -0.05) is 6.07 Å². The summed E-state index contributed by atoms with van der Waals surface area (Å²) in [6.07, 6.45) is 6.16. The van der Waals surface area contributed by atoms with Crippen LogP contribution in [-0.2, 0) is 7.05 Å². The predicted molar refractivity (Wildman–Crippen MR) is 81.7 cm³/mol. The molecule has 3 rings (SSSR count). The lowest BCUT2D eigenvalue weighted by Crippen LogP contribution is -2.36. The van der Waals surface area contributed by atoms with Crippen molar-refractivity contribution < 1.29 is 9.18 Å². The van der Waals surface area contributed by atoms with Gasteiger partial charge in [0.1, 0.15) is 5.82 Å². The van der Waals surface area contributed by atoms with Gasteiger partial charge in [0.25, 0.3) is 5.91 Å². The Morgan fingerprint density at radius 1 is 1.48 bits per heavy atom. The number of halogens is 1. The van der Waals surface area contributed by atoms with Gasteiger partial charge in [-0.25, -0.2) is 4.39 Å². The van der Waals surface area contributed by atoms with Gasteiger partial charge < -0.3 is 10.2 Å². The summed E-state index contributed by atoms with van der Waals surface area (Å²) < 4.78 is 15.9. The van der Waals surface area contributed by atoms with Crippen molar-refractivity contribution >= 4 is 5.91 Å². The fraction of sp³-hybridized carbons (Fsp3) is 0.312. The molecule has 1 amide bonds. The number of hydrogen-bond donors (Lipinski definition) is 1. The molecule has 1 fully saturated rings. The smallest absolute Gasteiger partial charge is 0.254 e. The number of amides is 1. The van der Waals surface area contributed by atoms with Crippen LogP contribution in [0.4, 0.5) is 4.39 Å². The summed E-state index contributed by atoms with van der Waals surface area (Å²) in [7, 11) is 1.79. The molecule has 1 aliphatic heterocycles. The van der Waals surface area contributed by atoms with Gasteiger partial charge in [0.2, 0.25) is 0 Å². The summed E-state index contributed by atoms with van der Waals surface area (Å²) in [5, 5.41) is 15.6. The molecule has 1 aliphatic rings. The molecule has 0 radical (unpaired) electrons. The number of nitrogens with one attached hydrogen (secondary N) is 1. The predicted octanol–water partition coefficient (Wildman–Crippen LogP) is 1.51. The second kappa shape index (κ2) is 6.08. The molecule has 1 saturated heterocycles. The maximum atomic E-state index is 14.3. The Bertz CT molecular complexity index is 779. The zero-order valence-corrected chi connectivity index (χ0v) is 12.7. The quantitative estimate of drug-likeness (QED) is 0.872. The summed E-state index contributed by atoms with van der Waals surface area (Å²) in [4.78, 5) is 13.8. The molecule has 6 nitrogen and oxygen atoms in total. The van der Waals surface area contributed by atoms with E-state index >= 15 is 0 Å². The van der Waals surface area contributed by atoms with Crippen LogP contribution < -0.4 is 5.32 Å². The molecule has 23 heavy (non-hydrogen) atoms. The van der Waals surface area contributed by atoms with Crippen molar-refractivity contribution in [3.05, 3.63) is 42.0 Å². The van der Waals surface area contributed by atoms with E-state index in [4.69, 9.17) is 5.26 Å². The summed E-state index contributed by atoms with van der Waals surface area (Å²) in [6, 6.07) is 4.39. The highest BCUT2D eigenvalue weighted by Gasteiger charge is 2.24. The van der Waals surface area contributed by atoms with E-state index < -0.39 is 11.7 Å². The molecule has 1 aromatic heterocycles. The molecule has 1 unspecified atom stereocenters. The zero-order valence-electron chi connectivity index (χ0n) is 12.7. The highest BCUT2D eigenvalue weighted by molar-refractivity contribution is 5.95. The minimum absolute atomic E-state index is 0.00745. The van der Waals surface area contributed by atoms with Crippen LogP contribution in [0.25, 0.3) is 11.1 Å². The number of aromatic nitrogens is 2. The average molecular weight is 313 g/mol. The molecule has 118 valence electrons. The Hall–Kier alpha value is -2.88. The zero-order chi connectivity index (χ0) is 16.4. The number of hydrogen-bond acceptors (Lipinski definition) is 4. The molecule has 7 heteroatoms. The number of benzene rings is 1. The third-order valence-corrected chi connectivity index (χ3v) is 3.92. The van der Waals surface area contributed by atoms with Crippen LogP contribution >= 0.6 is 0 Å². The molecule has 2 heterocycles. The van der Waals surface area contributed by atoms with Gasteiger partial charge in [0.05, 0.1) is 11.8 Å². The van der Waals surface area contributed by atoms with Gasteiger partial charge in [-0.15, -0.1) is 0 Å². The number of rotatable bonds is 3. The summed E-state index contributed by atoms with van der Waals surface area (Å²) >= 11 is 0. The van der Waals surface area contributed by atoms with Gasteiger partial charge in [-0.3, -0.25) is 9.48 Å². The Balaban J connectivity index is 1.73. The third-order valence-electron chi connectivity index (χ3n) is 3.92. The maximum Gasteiger partial charge on any atom is 0.254 e. The Labute approximate surface area is 133 Å².